The number of benzene rings is 1. The van der Waals surface area contributed by atoms with E-state index in [0.717, 1.165) is 5.56 Å². The van der Waals surface area contributed by atoms with Gasteiger partial charge in [-0.3, -0.25) is 0 Å². The summed E-state index contributed by atoms with van der Waals surface area (Å²) in [5, 5.41) is -0.257. The van der Waals surface area contributed by atoms with Crippen LogP contribution in [0.15, 0.2) is 24.3 Å². The van der Waals surface area contributed by atoms with Gasteiger partial charge >= 0.3 is 0 Å². The van der Waals surface area contributed by atoms with E-state index in [2.05, 4.69) is 0 Å². The van der Waals surface area contributed by atoms with Gasteiger partial charge < -0.3 is 0 Å². The summed E-state index contributed by atoms with van der Waals surface area (Å²) in [5.74, 6) is -0.212. The van der Waals surface area contributed by atoms with Crippen molar-refractivity contribution in [3.05, 3.63) is 35.6 Å². The Hall–Kier alpha value is -0.900. The Labute approximate surface area is 82.7 Å². The first-order chi connectivity index (χ1) is 6.48. The standard InChI is InChI=1S/C10H11FO2S/c1-14(12,13)10-6-9(10)7-2-4-8(11)5-3-7/h2-5,9-10H,6H2,1H3/t9-,10-/m0/s1. The molecule has 2 atom stereocenters. The molecule has 0 aliphatic heterocycles. The average Bonchev–Trinajstić information content (AvgIpc) is 2.83. The molecule has 1 aliphatic carbocycles. The fourth-order valence-corrected chi connectivity index (χ4v) is 3.02. The van der Waals surface area contributed by atoms with Crippen LogP contribution in [0.2, 0.25) is 0 Å². The first-order valence-corrected chi connectivity index (χ1v) is 6.38. The Morgan fingerprint density at radius 2 is 1.86 bits per heavy atom. The number of hydrogen-bond acceptors (Lipinski definition) is 2. The zero-order chi connectivity index (χ0) is 10.3. The van der Waals surface area contributed by atoms with Gasteiger partial charge in [0, 0.05) is 12.2 Å². The van der Waals surface area contributed by atoms with Crippen LogP contribution in [-0.4, -0.2) is 19.9 Å². The maximum atomic E-state index is 12.6. The predicted molar refractivity (Wildman–Crippen MR) is 52.4 cm³/mol. The van der Waals surface area contributed by atoms with E-state index in [-0.39, 0.29) is 17.0 Å². The van der Waals surface area contributed by atoms with Gasteiger partial charge in [0.1, 0.15) is 5.82 Å². The van der Waals surface area contributed by atoms with Crippen LogP contribution in [0.4, 0.5) is 4.39 Å². The lowest BCUT2D eigenvalue weighted by Crippen LogP contribution is -2.05. The molecule has 0 N–H and O–H groups in total. The van der Waals surface area contributed by atoms with Gasteiger partial charge in [-0.25, -0.2) is 12.8 Å². The first-order valence-electron chi connectivity index (χ1n) is 4.43. The fraction of sp³-hybridized carbons (Fsp3) is 0.400. The Balaban J connectivity index is 2.18. The Kier molecular flexibility index (Phi) is 2.10. The van der Waals surface area contributed by atoms with E-state index in [1.807, 2.05) is 0 Å². The molecule has 0 bridgehead atoms. The van der Waals surface area contributed by atoms with Crippen molar-refractivity contribution in [2.75, 3.05) is 6.26 Å². The van der Waals surface area contributed by atoms with Crippen LogP contribution in [-0.2, 0) is 9.84 Å². The Bertz CT molecular complexity index is 436. The topological polar surface area (TPSA) is 34.1 Å². The van der Waals surface area contributed by atoms with Crippen molar-refractivity contribution in [1.29, 1.82) is 0 Å². The van der Waals surface area contributed by atoms with Crippen molar-refractivity contribution in [3.8, 4) is 0 Å². The summed E-state index contributed by atoms with van der Waals surface area (Å²) in [4.78, 5) is 0. The van der Waals surface area contributed by atoms with E-state index in [1.54, 1.807) is 12.1 Å². The van der Waals surface area contributed by atoms with E-state index in [9.17, 15) is 12.8 Å². The third-order valence-electron chi connectivity index (χ3n) is 2.58. The summed E-state index contributed by atoms with van der Waals surface area (Å²) in [5.41, 5.74) is 0.918. The first kappa shape index (κ1) is 9.65. The average molecular weight is 214 g/mol. The largest absolute Gasteiger partial charge is 0.229 e. The normalized spacial score (nSPS) is 26.1. The maximum absolute atomic E-state index is 12.6. The summed E-state index contributed by atoms with van der Waals surface area (Å²) < 4.78 is 34.9. The minimum absolute atomic E-state index is 0.0746. The molecular weight excluding hydrogens is 203 g/mol. The predicted octanol–water partition coefficient (Wildman–Crippen LogP) is 1.73. The molecule has 14 heavy (non-hydrogen) atoms. The molecule has 0 amide bonds. The smallest absolute Gasteiger partial charge is 0.150 e. The van der Waals surface area contributed by atoms with E-state index in [0.29, 0.717) is 6.42 Å². The minimum Gasteiger partial charge on any atom is -0.229 e. The second-order valence-electron chi connectivity index (χ2n) is 3.76. The van der Waals surface area contributed by atoms with Crippen LogP contribution in [0, 0.1) is 5.82 Å². The van der Waals surface area contributed by atoms with Crippen LogP contribution in [0.25, 0.3) is 0 Å². The lowest BCUT2D eigenvalue weighted by molar-refractivity contribution is 0.600. The van der Waals surface area contributed by atoms with Crippen molar-refractivity contribution in [3.63, 3.8) is 0 Å². The maximum Gasteiger partial charge on any atom is 0.150 e. The SMILES string of the molecule is CS(=O)(=O)[C@H]1C[C@H]1c1ccc(F)cc1. The summed E-state index contributed by atoms with van der Waals surface area (Å²) in [6.07, 6.45) is 1.92. The monoisotopic (exact) mass is 214 g/mol. The van der Waals surface area contributed by atoms with E-state index >= 15 is 0 Å². The molecule has 1 saturated carbocycles. The Morgan fingerprint density at radius 1 is 1.29 bits per heavy atom. The summed E-state index contributed by atoms with van der Waals surface area (Å²) in [6, 6.07) is 6.05. The molecule has 2 rings (SSSR count). The third kappa shape index (κ3) is 1.80. The number of halogens is 1. The van der Waals surface area contributed by atoms with Crippen molar-refractivity contribution in [2.45, 2.75) is 17.6 Å². The zero-order valence-corrected chi connectivity index (χ0v) is 8.59. The molecule has 0 aromatic heterocycles. The van der Waals surface area contributed by atoms with Crippen LogP contribution < -0.4 is 0 Å². The minimum atomic E-state index is -2.93. The molecule has 76 valence electrons. The van der Waals surface area contributed by atoms with Gasteiger partial charge in [-0.2, -0.15) is 0 Å². The van der Waals surface area contributed by atoms with Gasteiger partial charge in [0.05, 0.1) is 5.25 Å². The number of rotatable bonds is 2. The van der Waals surface area contributed by atoms with Crippen molar-refractivity contribution in [1.82, 2.24) is 0 Å². The van der Waals surface area contributed by atoms with Crippen molar-refractivity contribution < 1.29 is 12.8 Å². The molecule has 1 aliphatic rings. The lowest BCUT2D eigenvalue weighted by atomic mass is 10.1. The third-order valence-corrected chi connectivity index (χ3v) is 4.20. The molecule has 0 heterocycles. The van der Waals surface area contributed by atoms with Crippen LogP contribution in [0.5, 0.6) is 0 Å². The van der Waals surface area contributed by atoms with Gasteiger partial charge in [-0.1, -0.05) is 12.1 Å². The molecular formula is C10H11FO2S. The van der Waals surface area contributed by atoms with Crippen LogP contribution >= 0.6 is 0 Å². The summed E-state index contributed by atoms with van der Waals surface area (Å²) in [6.45, 7) is 0. The fourth-order valence-electron chi connectivity index (χ4n) is 1.71. The van der Waals surface area contributed by atoms with Crippen LogP contribution in [0.1, 0.15) is 17.9 Å². The Morgan fingerprint density at radius 3 is 2.29 bits per heavy atom. The molecule has 0 saturated heterocycles. The van der Waals surface area contributed by atoms with E-state index in [4.69, 9.17) is 0 Å². The van der Waals surface area contributed by atoms with Crippen molar-refractivity contribution in [2.24, 2.45) is 0 Å². The van der Waals surface area contributed by atoms with Gasteiger partial charge in [0.2, 0.25) is 0 Å². The molecule has 0 spiro atoms. The highest BCUT2D eigenvalue weighted by molar-refractivity contribution is 7.91. The molecule has 2 nitrogen and oxygen atoms in total. The molecule has 1 aromatic carbocycles. The quantitative estimate of drug-likeness (QED) is 0.751. The molecule has 4 heteroatoms. The van der Waals surface area contributed by atoms with E-state index < -0.39 is 9.84 Å². The highest BCUT2D eigenvalue weighted by Gasteiger charge is 2.45. The lowest BCUT2D eigenvalue weighted by Gasteiger charge is -1.98. The summed E-state index contributed by atoms with van der Waals surface area (Å²) in [7, 11) is -2.93. The second kappa shape index (κ2) is 3.05. The van der Waals surface area contributed by atoms with Crippen LogP contribution in [0.3, 0.4) is 0 Å². The van der Waals surface area contributed by atoms with Gasteiger partial charge in [0.15, 0.2) is 9.84 Å². The van der Waals surface area contributed by atoms with Gasteiger partial charge in [0.25, 0.3) is 0 Å². The molecule has 1 fully saturated rings. The molecule has 1 aromatic rings. The van der Waals surface area contributed by atoms with Gasteiger partial charge in [-0.05, 0) is 24.1 Å². The van der Waals surface area contributed by atoms with Gasteiger partial charge in [-0.15, -0.1) is 0 Å². The number of sulfone groups is 1. The molecule has 0 unspecified atom stereocenters. The number of hydrogen-bond donors (Lipinski definition) is 0. The highest BCUT2D eigenvalue weighted by atomic mass is 32.2. The van der Waals surface area contributed by atoms with E-state index in [1.165, 1.54) is 18.4 Å². The van der Waals surface area contributed by atoms with Crippen molar-refractivity contribution >= 4 is 9.84 Å². The zero-order valence-electron chi connectivity index (χ0n) is 7.77. The highest BCUT2D eigenvalue weighted by Crippen LogP contribution is 2.45. The molecule has 0 radical (unpaired) electrons. The summed E-state index contributed by atoms with van der Waals surface area (Å²) >= 11 is 0. The second-order valence-corrected chi connectivity index (χ2v) is 6.03.